The number of pyridine rings is 1. The van der Waals surface area contributed by atoms with Crippen molar-refractivity contribution < 1.29 is 0 Å². The van der Waals surface area contributed by atoms with Crippen LogP contribution in [0.3, 0.4) is 0 Å². The summed E-state index contributed by atoms with van der Waals surface area (Å²) in [5, 5.41) is 12.4. The number of nitrogens with zero attached hydrogens (tertiary/aromatic N) is 2. The molecule has 1 fully saturated rings. The van der Waals surface area contributed by atoms with E-state index in [1.54, 1.807) is 0 Å². The van der Waals surface area contributed by atoms with Crippen LogP contribution in [0.1, 0.15) is 36.9 Å². The summed E-state index contributed by atoms with van der Waals surface area (Å²) in [6.45, 7) is 2.60. The van der Waals surface area contributed by atoms with Crippen molar-refractivity contribution in [2.75, 3.05) is 11.9 Å². The zero-order valence-corrected chi connectivity index (χ0v) is 10.8. The van der Waals surface area contributed by atoms with Gasteiger partial charge >= 0.3 is 0 Å². The number of aryl methyl sites for hydroxylation is 1. The highest BCUT2D eigenvalue weighted by Gasteiger charge is 2.23. The number of aromatic nitrogens is 1. The molecule has 0 saturated heterocycles. The van der Waals surface area contributed by atoms with Crippen molar-refractivity contribution in [2.24, 2.45) is 11.7 Å². The number of nitrogens with one attached hydrogen (secondary N) is 1. The molecule has 4 heteroatoms. The van der Waals surface area contributed by atoms with E-state index in [1.807, 2.05) is 19.1 Å². The predicted molar refractivity (Wildman–Crippen MR) is 72.1 cm³/mol. The lowest BCUT2D eigenvalue weighted by atomic mass is 9.84. The van der Waals surface area contributed by atoms with Gasteiger partial charge in [0.05, 0.1) is 11.3 Å². The van der Waals surface area contributed by atoms with Crippen LogP contribution in [-0.2, 0) is 0 Å². The summed E-state index contributed by atoms with van der Waals surface area (Å²) in [5.74, 6) is 1.40. The molecule has 2 atom stereocenters. The molecule has 96 valence electrons. The average molecular weight is 244 g/mol. The van der Waals surface area contributed by atoms with E-state index < -0.39 is 0 Å². The molecule has 0 spiro atoms. The molecule has 1 aliphatic carbocycles. The Labute approximate surface area is 108 Å². The molecular weight excluding hydrogens is 224 g/mol. The standard InChI is InChI=1S/C14H20N4/c1-10-11(8-15)6-7-14(17-10)18-13-5-3-2-4-12(13)9-16/h6-7,12-13H,2-5,9,16H2,1H3,(H,17,18). The molecule has 0 amide bonds. The summed E-state index contributed by atoms with van der Waals surface area (Å²) >= 11 is 0. The first kappa shape index (κ1) is 12.8. The van der Waals surface area contributed by atoms with E-state index in [0.717, 1.165) is 24.5 Å². The Morgan fingerprint density at radius 1 is 1.44 bits per heavy atom. The Morgan fingerprint density at radius 2 is 2.22 bits per heavy atom. The Morgan fingerprint density at radius 3 is 2.89 bits per heavy atom. The van der Waals surface area contributed by atoms with Gasteiger partial charge in [0.25, 0.3) is 0 Å². The fraction of sp³-hybridized carbons (Fsp3) is 0.571. The maximum Gasteiger partial charge on any atom is 0.126 e. The van der Waals surface area contributed by atoms with Crippen LogP contribution in [0.2, 0.25) is 0 Å². The minimum Gasteiger partial charge on any atom is -0.367 e. The van der Waals surface area contributed by atoms with Gasteiger partial charge in [0.1, 0.15) is 11.9 Å². The van der Waals surface area contributed by atoms with Crippen molar-refractivity contribution in [1.29, 1.82) is 5.26 Å². The molecule has 0 bridgehead atoms. The van der Waals surface area contributed by atoms with Crippen molar-refractivity contribution in [3.63, 3.8) is 0 Å². The highest BCUT2D eigenvalue weighted by atomic mass is 15.0. The molecule has 2 rings (SSSR count). The number of nitriles is 1. The van der Waals surface area contributed by atoms with Gasteiger partial charge in [0.15, 0.2) is 0 Å². The normalized spacial score (nSPS) is 23.4. The first-order valence-corrected chi connectivity index (χ1v) is 6.59. The topological polar surface area (TPSA) is 74.7 Å². The van der Waals surface area contributed by atoms with Crippen molar-refractivity contribution >= 4 is 5.82 Å². The van der Waals surface area contributed by atoms with E-state index in [9.17, 15) is 0 Å². The maximum atomic E-state index is 8.88. The Hall–Kier alpha value is -1.60. The summed E-state index contributed by atoms with van der Waals surface area (Å²) in [4.78, 5) is 4.43. The van der Waals surface area contributed by atoms with Crippen LogP contribution >= 0.6 is 0 Å². The third-order valence-electron chi connectivity index (χ3n) is 3.75. The van der Waals surface area contributed by atoms with Gasteiger partial charge in [-0.1, -0.05) is 12.8 Å². The molecule has 0 aliphatic heterocycles. The molecule has 2 unspecified atom stereocenters. The summed E-state index contributed by atoms with van der Waals surface area (Å²) in [6, 6.07) is 6.26. The lowest BCUT2D eigenvalue weighted by Gasteiger charge is -2.31. The molecule has 1 aromatic heterocycles. The van der Waals surface area contributed by atoms with E-state index in [0.29, 0.717) is 17.5 Å². The SMILES string of the molecule is Cc1nc(NC2CCCCC2CN)ccc1C#N. The quantitative estimate of drug-likeness (QED) is 0.854. The van der Waals surface area contributed by atoms with Crippen molar-refractivity contribution in [3.05, 3.63) is 23.4 Å². The smallest absolute Gasteiger partial charge is 0.126 e. The number of nitrogens with two attached hydrogens (primary N) is 1. The second kappa shape index (κ2) is 5.83. The lowest BCUT2D eigenvalue weighted by molar-refractivity contribution is 0.332. The molecular formula is C14H20N4. The third-order valence-corrected chi connectivity index (χ3v) is 3.75. The third kappa shape index (κ3) is 2.80. The van der Waals surface area contributed by atoms with Crippen molar-refractivity contribution in [1.82, 2.24) is 4.98 Å². The lowest BCUT2D eigenvalue weighted by Crippen LogP contribution is -2.37. The second-order valence-electron chi connectivity index (χ2n) is 4.97. The molecule has 1 aromatic rings. The molecule has 1 heterocycles. The fourth-order valence-corrected chi connectivity index (χ4v) is 2.63. The Balaban J connectivity index is 2.08. The molecule has 1 aliphatic rings. The van der Waals surface area contributed by atoms with Crippen molar-refractivity contribution in [3.8, 4) is 6.07 Å². The van der Waals surface area contributed by atoms with Gasteiger partial charge in [-0.15, -0.1) is 0 Å². The van der Waals surface area contributed by atoms with Crippen LogP contribution in [0, 0.1) is 24.2 Å². The second-order valence-corrected chi connectivity index (χ2v) is 4.97. The Kier molecular flexibility index (Phi) is 4.16. The van der Waals surface area contributed by atoms with E-state index in [-0.39, 0.29) is 0 Å². The van der Waals surface area contributed by atoms with Crippen LogP contribution in [0.15, 0.2) is 12.1 Å². The monoisotopic (exact) mass is 244 g/mol. The number of rotatable bonds is 3. The molecule has 3 N–H and O–H groups in total. The first-order valence-electron chi connectivity index (χ1n) is 6.59. The van der Waals surface area contributed by atoms with Crippen LogP contribution in [0.4, 0.5) is 5.82 Å². The van der Waals surface area contributed by atoms with Gasteiger partial charge in [0.2, 0.25) is 0 Å². The summed E-state index contributed by atoms with van der Waals surface area (Å²) in [7, 11) is 0. The van der Waals surface area contributed by atoms with Crippen LogP contribution < -0.4 is 11.1 Å². The van der Waals surface area contributed by atoms with Crippen LogP contribution in [-0.4, -0.2) is 17.6 Å². The maximum absolute atomic E-state index is 8.88. The minimum absolute atomic E-state index is 0.420. The number of anilines is 1. The van der Waals surface area contributed by atoms with Gasteiger partial charge in [-0.3, -0.25) is 0 Å². The molecule has 18 heavy (non-hydrogen) atoms. The van der Waals surface area contributed by atoms with E-state index in [2.05, 4.69) is 16.4 Å². The molecule has 0 aromatic carbocycles. The summed E-state index contributed by atoms with van der Waals surface area (Å²) in [6.07, 6.45) is 4.88. The van der Waals surface area contributed by atoms with Gasteiger partial charge < -0.3 is 11.1 Å². The van der Waals surface area contributed by atoms with Crippen LogP contribution in [0.25, 0.3) is 0 Å². The summed E-state index contributed by atoms with van der Waals surface area (Å²) < 4.78 is 0. The highest BCUT2D eigenvalue weighted by Crippen LogP contribution is 2.26. The van der Waals surface area contributed by atoms with E-state index in [1.165, 1.54) is 19.3 Å². The van der Waals surface area contributed by atoms with Crippen molar-refractivity contribution in [2.45, 2.75) is 38.6 Å². The number of hydrogen-bond donors (Lipinski definition) is 2. The highest BCUT2D eigenvalue weighted by molar-refractivity contribution is 5.43. The van der Waals surface area contributed by atoms with Crippen LogP contribution in [0.5, 0.6) is 0 Å². The van der Waals surface area contributed by atoms with Gasteiger partial charge in [0, 0.05) is 6.04 Å². The Bertz CT molecular complexity index is 450. The molecule has 1 saturated carbocycles. The predicted octanol–water partition coefficient (Wildman–Crippen LogP) is 2.19. The largest absolute Gasteiger partial charge is 0.367 e. The zero-order valence-electron chi connectivity index (χ0n) is 10.8. The fourth-order valence-electron chi connectivity index (χ4n) is 2.63. The van der Waals surface area contributed by atoms with Gasteiger partial charge in [-0.2, -0.15) is 5.26 Å². The average Bonchev–Trinajstić information content (AvgIpc) is 2.39. The molecule has 4 nitrogen and oxygen atoms in total. The first-order chi connectivity index (χ1) is 8.74. The number of hydrogen-bond acceptors (Lipinski definition) is 4. The summed E-state index contributed by atoms with van der Waals surface area (Å²) in [5.41, 5.74) is 7.24. The van der Waals surface area contributed by atoms with Gasteiger partial charge in [-0.25, -0.2) is 4.98 Å². The van der Waals surface area contributed by atoms with E-state index >= 15 is 0 Å². The molecule has 0 radical (unpaired) electrons. The zero-order chi connectivity index (χ0) is 13.0. The minimum atomic E-state index is 0.420. The van der Waals surface area contributed by atoms with Gasteiger partial charge in [-0.05, 0) is 44.4 Å². The van der Waals surface area contributed by atoms with E-state index in [4.69, 9.17) is 11.0 Å².